The maximum atomic E-state index is 13.1. The van der Waals surface area contributed by atoms with Gasteiger partial charge in [-0.15, -0.1) is 11.3 Å². The molecule has 0 aliphatic heterocycles. The Balaban J connectivity index is 2.19. The van der Waals surface area contributed by atoms with Crippen LogP contribution in [0.1, 0.15) is 25.9 Å². The molecule has 0 bridgehead atoms. The first-order valence-electron chi connectivity index (χ1n) is 5.21. The number of carboxylic acids is 1. The number of benzene rings is 1. The van der Waals surface area contributed by atoms with Crippen molar-refractivity contribution >= 4 is 28.9 Å². The Morgan fingerprint density at radius 2 is 2.20 bits per heavy atom. The molecule has 20 heavy (non-hydrogen) atoms. The number of nitriles is 1. The molecule has 0 radical (unpaired) electrons. The van der Waals surface area contributed by atoms with E-state index in [0.29, 0.717) is 0 Å². The minimum atomic E-state index is -1.23. The molecule has 1 aromatic heterocycles. The highest BCUT2D eigenvalue weighted by Gasteiger charge is 2.15. The number of carboxylic acid groups (broad SMARTS) is 1. The molecule has 0 saturated heterocycles. The number of anilines is 1. The molecule has 0 unspecified atom stereocenters. The molecule has 0 aliphatic rings. The molecule has 0 atom stereocenters. The Morgan fingerprint density at radius 3 is 2.80 bits per heavy atom. The van der Waals surface area contributed by atoms with Gasteiger partial charge in [-0.25, -0.2) is 14.2 Å². The topological polar surface area (TPSA) is 103 Å². The van der Waals surface area contributed by atoms with Crippen molar-refractivity contribution in [1.82, 2.24) is 4.98 Å². The van der Waals surface area contributed by atoms with Gasteiger partial charge in [-0.05, 0) is 18.2 Å². The van der Waals surface area contributed by atoms with Gasteiger partial charge in [0, 0.05) is 11.1 Å². The largest absolute Gasteiger partial charge is 0.476 e. The molecule has 8 heteroatoms. The summed E-state index contributed by atoms with van der Waals surface area (Å²) in [5.41, 5.74) is -0.204. The molecule has 1 heterocycles. The highest BCUT2D eigenvalue weighted by molar-refractivity contribution is 7.12. The quantitative estimate of drug-likeness (QED) is 0.901. The van der Waals surface area contributed by atoms with Gasteiger partial charge in [-0.1, -0.05) is 0 Å². The molecule has 100 valence electrons. The van der Waals surface area contributed by atoms with E-state index in [2.05, 4.69) is 10.3 Å². The van der Waals surface area contributed by atoms with Gasteiger partial charge in [0.05, 0.1) is 5.56 Å². The number of thiazole rings is 1. The summed E-state index contributed by atoms with van der Waals surface area (Å²) < 4.78 is 13.1. The number of nitrogens with zero attached hydrogens (tertiary/aromatic N) is 2. The molecular weight excluding hydrogens is 285 g/mol. The average molecular weight is 291 g/mol. The first-order valence-corrected chi connectivity index (χ1v) is 6.09. The summed E-state index contributed by atoms with van der Waals surface area (Å²) in [7, 11) is 0. The zero-order valence-electron chi connectivity index (χ0n) is 9.75. The van der Waals surface area contributed by atoms with Gasteiger partial charge in [0.1, 0.15) is 11.9 Å². The number of aromatic nitrogens is 1. The van der Waals surface area contributed by atoms with E-state index in [0.717, 1.165) is 17.4 Å². The molecule has 2 rings (SSSR count). The summed E-state index contributed by atoms with van der Waals surface area (Å²) in [6.07, 6.45) is 0. The third kappa shape index (κ3) is 2.78. The van der Waals surface area contributed by atoms with E-state index in [4.69, 9.17) is 10.4 Å². The lowest BCUT2D eigenvalue weighted by atomic mass is 10.2. The predicted octanol–water partition coefficient (Wildman–Crippen LogP) is 2.10. The highest BCUT2D eigenvalue weighted by Crippen LogP contribution is 2.16. The van der Waals surface area contributed by atoms with Crippen LogP contribution in [0, 0.1) is 17.1 Å². The lowest BCUT2D eigenvalue weighted by Crippen LogP contribution is -2.12. The third-order valence-electron chi connectivity index (χ3n) is 2.26. The fourth-order valence-corrected chi connectivity index (χ4v) is 2.04. The van der Waals surface area contributed by atoms with Crippen LogP contribution in [0.4, 0.5) is 10.1 Å². The second-order valence-corrected chi connectivity index (χ2v) is 4.46. The van der Waals surface area contributed by atoms with E-state index in [1.54, 1.807) is 6.07 Å². The minimum absolute atomic E-state index is 0.0368. The van der Waals surface area contributed by atoms with Crippen molar-refractivity contribution in [2.45, 2.75) is 0 Å². The number of carbonyl (C=O) groups is 2. The van der Waals surface area contributed by atoms with Crippen LogP contribution in [0.25, 0.3) is 0 Å². The van der Waals surface area contributed by atoms with E-state index in [1.807, 2.05) is 0 Å². The second-order valence-electron chi connectivity index (χ2n) is 3.60. The molecule has 6 nitrogen and oxygen atoms in total. The normalized spacial score (nSPS) is 9.80. The number of hydrogen-bond acceptors (Lipinski definition) is 5. The van der Waals surface area contributed by atoms with Crippen molar-refractivity contribution in [3.63, 3.8) is 0 Å². The van der Waals surface area contributed by atoms with Gasteiger partial charge < -0.3 is 10.4 Å². The van der Waals surface area contributed by atoms with E-state index < -0.39 is 17.7 Å². The third-order valence-corrected chi connectivity index (χ3v) is 3.10. The van der Waals surface area contributed by atoms with Gasteiger partial charge in [0.15, 0.2) is 10.7 Å². The summed E-state index contributed by atoms with van der Waals surface area (Å²) in [6, 6.07) is 5.18. The number of halogens is 1. The standard InChI is InChI=1S/C12H6FN3O3S/c13-8-2-1-7(3-6(8)4-14)15-10(17)11-16-9(5-20-11)12(18)19/h1-3,5H,(H,15,17)(H,18,19). The van der Waals surface area contributed by atoms with E-state index in [1.165, 1.54) is 17.5 Å². The summed E-state index contributed by atoms with van der Waals surface area (Å²) in [4.78, 5) is 26.1. The zero-order valence-corrected chi connectivity index (χ0v) is 10.6. The molecule has 0 spiro atoms. The molecule has 0 aliphatic carbocycles. The van der Waals surface area contributed by atoms with Gasteiger partial charge >= 0.3 is 5.97 Å². The predicted molar refractivity (Wildman–Crippen MR) is 68.1 cm³/mol. The Morgan fingerprint density at radius 1 is 1.45 bits per heavy atom. The first-order chi connectivity index (χ1) is 9.51. The van der Waals surface area contributed by atoms with Crippen molar-refractivity contribution < 1.29 is 19.1 Å². The van der Waals surface area contributed by atoms with Gasteiger partial charge in [0.2, 0.25) is 0 Å². The van der Waals surface area contributed by atoms with Crippen molar-refractivity contribution in [3.8, 4) is 6.07 Å². The van der Waals surface area contributed by atoms with Crippen LogP contribution in [0.2, 0.25) is 0 Å². The second kappa shape index (κ2) is 5.46. The lowest BCUT2D eigenvalue weighted by Gasteiger charge is -2.03. The van der Waals surface area contributed by atoms with Crippen LogP contribution >= 0.6 is 11.3 Å². The molecular formula is C12H6FN3O3S. The Hall–Kier alpha value is -2.79. The van der Waals surface area contributed by atoms with Crippen molar-refractivity contribution in [2.24, 2.45) is 0 Å². The summed E-state index contributed by atoms with van der Waals surface area (Å²) >= 11 is 0.875. The van der Waals surface area contributed by atoms with Crippen LogP contribution in [-0.2, 0) is 0 Å². The van der Waals surface area contributed by atoms with Gasteiger partial charge in [0.25, 0.3) is 5.91 Å². The van der Waals surface area contributed by atoms with Crippen LogP contribution < -0.4 is 5.32 Å². The summed E-state index contributed by atoms with van der Waals surface area (Å²) in [6.45, 7) is 0. The molecule has 1 aromatic carbocycles. The number of hydrogen-bond donors (Lipinski definition) is 2. The van der Waals surface area contributed by atoms with Crippen LogP contribution in [0.5, 0.6) is 0 Å². The average Bonchev–Trinajstić information content (AvgIpc) is 2.91. The molecule has 0 saturated carbocycles. The van der Waals surface area contributed by atoms with Crippen molar-refractivity contribution in [2.75, 3.05) is 5.32 Å². The van der Waals surface area contributed by atoms with Crippen molar-refractivity contribution in [3.05, 3.63) is 45.7 Å². The maximum Gasteiger partial charge on any atom is 0.355 e. The smallest absolute Gasteiger partial charge is 0.355 e. The molecule has 0 fully saturated rings. The monoisotopic (exact) mass is 291 g/mol. The van der Waals surface area contributed by atoms with Crippen LogP contribution in [0.3, 0.4) is 0 Å². The first kappa shape index (κ1) is 13.6. The maximum absolute atomic E-state index is 13.1. The Bertz CT molecular complexity index is 736. The summed E-state index contributed by atoms with van der Waals surface area (Å²) in [5.74, 6) is -2.54. The van der Waals surface area contributed by atoms with Crippen LogP contribution in [0.15, 0.2) is 23.6 Å². The van der Waals surface area contributed by atoms with E-state index in [-0.39, 0.29) is 22.0 Å². The molecule has 2 N–H and O–H groups in total. The zero-order chi connectivity index (χ0) is 14.7. The van der Waals surface area contributed by atoms with Gasteiger partial charge in [-0.3, -0.25) is 4.79 Å². The molecule has 1 amide bonds. The SMILES string of the molecule is N#Cc1cc(NC(=O)c2nc(C(=O)O)cs2)ccc1F. The van der Waals surface area contributed by atoms with Crippen molar-refractivity contribution in [1.29, 1.82) is 5.26 Å². The fourth-order valence-electron chi connectivity index (χ4n) is 1.35. The lowest BCUT2D eigenvalue weighted by molar-refractivity contribution is 0.0691. The number of aromatic carboxylic acids is 1. The minimum Gasteiger partial charge on any atom is -0.476 e. The number of rotatable bonds is 3. The van der Waals surface area contributed by atoms with Gasteiger partial charge in [-0.2, -0.15) is 5.26 Å². The van der Waals surface area contributed by atoms with E-state index >= 15 is 0 Å². The number of carbonyl (C=O) groups excluding carboxylic acids is 1. The highest BCUT2D eigenvalue weighted by atomic mass is 32.1. The molecule has 2 aromatic rings. The Labute approximate surface area is 116 Å². The number of nitrogens with one attached hydrogen (secondary N) is 1. The summed E-state index contributed by atoms with van der Waals surface area (Å²) in [5, 5.41) is 21.0. The van der Waals surface area contributed by atoms with Crippen LogP contribution in [-0.4, -0.2) is 22.0 Å². The number of amides is 1. The van der Waals surface area contributed by atoms with E-state index in [9.17, 15) is 14.0 Å². The fraction of sp³-hybridized carbons (Fsp3) is 0. The Kier molecular flexibility index (Phi) is 3.72.